The van der Waals surface area contributed by atoms with E-state index in [2.05, 4.69) is 5.32 Å². The highest BCUT2D eigenvalue weighted by Gasteiger charge is 2.28. The van der Waals surface area contributed by atoms with E-state index in [1.54, 1.807) is 16.7 Å². The summed E-state index contributed by atoms with van der Waals surface area (Å²) in [6.45, 7) is 6.34. The number of nitrogens with zero attached hydrogens (tertiary/aromatic N) is 1. The average Bonchev–Trinajstić information content (AvgIpc) is 2.75. The molecule has 2 rings (SSSR count). The number of rotatable bonds is 11. The van der Waals surface area contributed by atoms with Crippen molar-refractivity contribution in [3.8, 4) is 0 Å². The van der Waals surface area contributed by atoms with Crippen LogP contribution in [-0.2, 0) is 16.1 Å². The summed E-state index contributed by atoms with van der Waals surface area (Å²) in [4.78, 5) is 28.9. The lowest BCUT2D eigenvalue weighted by atomic mass is 10.1. The summed E-state index contributed by atoms with van der Waals surface area (Å²) >= 11 is 7.65. The smallest absolute Gasteiger partial charge is 0.243 e. The number of amides is 2. The first-order valence-corrected chi connectivity index (χ1v) is 11.8. The third kappa shape index (κ3) is 7.69. The molecule has 4 nitrogen and oxygen atoms in total. The lowest BCUT2D eigenvalue weighted by molar-refractivity contribution is -0.141. The van der Waals surface area contributed by atoms with Crippen LogP contribution < -0.4 is 5.32 Å². The molecule has 2 aromatic rings. The topological polar surface area (TPSA) is 49.4 Å². The number of carbonyl (C=O) groups is 2. The van der Waals surface area contributed by atoms with E-state index < -0.39 is 6.04 Å². The number of hydrogen-bond donors (Lipinski definition) is 1. The highest BCUT2D eigenvalue weighted by Crippen LogP contribution is 2.20. The summed E-state index contributed by atoms with van der Waals surface area (Å²) in [5.74, 6) is 0.563. The van der Waals surface area contributed by atoms with Gasteiger partial charge in [0.15, 0.2) is 0 Å². The van der Waals surface area contributed by atoms with Gasteiger partial charge in [0.1, 0.15) is 6.04 Å². The van der Waals surface area contributed by atoms with Crippen molar-refractivity contribution in [3.05, 3.63) is 65.2 Å². The zero-order valence-corrected chi connectivity index (χ0v) is 19.5. The molecule has 0 saturated heterocycles. The van der Waals surface area contributed by atoms with E-state index in [1.807, 2.05) is 75.4 Å². The average molecular weight is 447 g/mol. The van der Waals surface area contributed by atoms with Crippen molar-refractivity contribution in [1.29, 1.82) is 0 Å². The lowest BCUT2D eigenvalue weighted by Crippen LogP contribution is -2.50. The quantitative estimate of drug-likeness (QED) is 0.460. The van der Waals surface area contributed by atoms with Gasteiger partial charge < -0.3 is 10.2 Å². The zero-order chi connectivity index (χ0) is 21.9. The molecule has 30 heavy (non-hydrogen) atoms. The molecule has 0 heterocycles. The maximum absolute atomic E-state index is 13.2. The Morgan fingerprint density at radius 1 is 1.03 bits per heavy atom. The standard InChI is InChI=1S/C24H31ClN2O2S/c1-4-18(3)26-24(29)22(5-2)27(17-19-11-13-20(25)14-12-19)23(28)15-16-30-21-9-7-6-8-10-21/h6-14,18,22H,4-5,15-17H2,1-3H3,(H,26,29)/t18-,22+/m0/s1. The molecule has 0 aliphatic heterocycles. The SMILES string of the molecule is CC[C@H](C(=O)N[C@@H](C)CC)N(Cc1ccc(Cl)cc1)C(=O)CCSc1ccccc1. The summed E-state index contributed by atoms with van der Waals surface area (Å²) in [6, 6.07) is 17.0. The fraction of sp³-hybridized carbons (Fsp3) is 0.417. The lowest BCUT2D eigenvalue weighted by Gasteiger charge is -2.31. The number of hydrogen-bond acceptors (Lipinski definition) is 3. The van der Waals surface area contributed by atoms with E-state index in [-0.39, 0.29) is 17.9 Å². The predicted octanol–water partition coefficient (Wildman–Crippen LogP) is 5.54. The molecule has 0 aliphatic carbocycles. The van der Waals surface area contributed by atoms with E-state index in [0.29, 0.717) is 30.2 Å². The van der Waals surface area contributed by atoms with Gasteiger partial charge in [0.05, 0.1) is 0 Å². The van der Waals surface area contributed by atoms with E-state index in [0.717, 1.165) is 16.9 Å². The van der Waals surface area contributed by atoms with Gasteiger partial charge >= 0.3 is 0 Å². The molecular formula is C24H31ClN2O2S. The normalized spacial score (nSPS) is 12.8. The molecule has 0 fully saturated rings. The molecule has 2 aromatic carbocycles. The fourth-order valence-electron chi connectivity index (χ4n) is 3.06. The summed E-state index contributed by atoms with van der Waals surface area (Å²) in [6.07, 6.45) is 1.79. The van der Waals surface area contributed by atoms with Gasteiger partial charge in [0.2, 0.25) is 11.8 Å². The van der Waals surface area contributed by atoms with Crippen LogP contribution in [0.1, 0.15) is 45.6 Å². The summed E-state index contributed by atoms with van der Waals surface area (Å²) < 4.78 is 0. The molecule has 0 aliphatic rings. The van der Waals surface area contributed by atoms with E-state index in [1.165, 1.54) is 0 Å². The van der Waals surface area contributed by atoms with Gasteiger partial charge in [0, 0.05) is 34.7 Å². The minimum atomic E-state index is -0.496. The number of halogens is 1. The van der Waals surface area contributed by atoms with Crippen LogP contribution >= 0.6 is 23.4 Å². The molecule has 6 heteroatoms. The second-order valence-electron chi connectivity index (χ2n) is 7.30. The predicted molar refractivity (Wildman–Crippen MR) is 126 cm³/mol. The molecule has 2 amide bonds. The minimum absolute atomic E-state index is 0.0143. The van der Waals surface area contributed by atoms with Gasteiger partial charge in [0.25, 0.3) is 0 Å². The van der Waals surface area contributed by atoms with Crippen LogP contribution in [0.5, 0.6) is 0 Å². The minimum Gasteiger partial charge on any atom is -0.352 e. The molecule has 0 aromatic heterocycles. The van der Waals surface area contributed by atoms with E-state index >= 15 is 0 Å². The summed E-state index contributed by atoms with van der Waals surface area (Å²) in [5.41, 5.74) is 0.957. The van der Waals surface area contributed by atoms with Crippen molar-refractivity contribution in [2.75, 3.05) is 5.75 Å². The van der Waals surface area contributed by atoms with Crippen molar-refractivity contribution in [1.82, 2.24) is 10.2 Å². The van der Waals surface area contributed by atoms with Crippen molar-refractivity contribution >= 4 is 35.2 Å². The zero-order valence-electron chi connectivity index (χ0n) is 17.9. The first kappa shape index (κ1) is 24.3. The fourth-order valence-corrected chi connectivity index (χ4v) is 4.05. The third-order valence-electron chi connectivity index (χ3n) is 4.98. The van der Waals surface area contributed by atoms with Crippen molar-refractivity contribution in [3.63, 3.8) is 0 Å². The molecule has 0 bridgehead atoms. The number of benzene rings is 2. The molecular weight excluding hydrogens is 416 g/mol. The van der Waals surface area contributed by atoms with Gasteiger partial charge in [-0.1, -0.05) is 55.8 Å². The Morgan fingerprint density at radius 2 is 1.70 bits per heavy atom. The second kappa shape index (κ2) is 12.7. The highest BCUT2D eigenvalue weighted by molar-refractivity contribution is 7.99. The van der Waals surface area contributed by atoms with Crippen LogP contribution in [0, 0.1) is 0 Å². The van der Waals surface area contributed by atoms with Crippen LogP contribution in [-0.4, -0.2) is 34.6 Å². The Morgan fingerprint density at radius 3 is 2.30 bits per heavy atom. The number of thioether (sulfide) groups is 1. The molecule has 0 spiro atoms. The van der Waals surface area contributed by atoms with Crippen molar-refractivity contribution in [2.24, 2.45) is 0 Å². The maximum atomic E-state index is 13.2. The molecule has 0 radical (unpaired) electrons. The van der Waals surface area contributed by atoms with Crippen LogP contribution in [0.15, 0.2) is 59.5 Å². The van der Waals surface area contributed by atoms with Crippen molar-refractivity contribution < 1.29 is 9.59 Å². The largest absolute Gasteiger partial charge is 0.352 e. The highest BCUT2D eigenvalue weighted by atomic mass is 35.5. The molecule has 0 unspecified atom stereocenters. The van der Waals surface area contributed by atoms with Gasteiger partial charge in [-0.2, -0.15) is 0 Å². The monoisotopic (exact) mass is 446 g/mol. The molecule has 1 N–H and O–H groups in total. The number of nitrogens with one attached hydrogen (secondary N) is 1. The second-order valence-corrected chi connectivity index (χ2v) is 8.91. The van der Waals surface area contributed by atoms with E-state index in [4.69, 9.17) is 11.6 Å². The third-order valence-corrected chi connectivity index (χ3v) is 6.25. The Hall–Kier alpha value is -1.98. The van der Waals surface area contributed by atoms with Crippen LogP contribution in [0.4, 0.5) is 0 Å². The Bertz CT molecular complexity index is 799. The van der Waals surface area contributed by atoms with Crippen LogP contribution in [0.2, 0.25) is 5.02 Å². The van der Waals surface area contributed by atoms with Gasteiger partial charge in [-0.05, 0) is 49.6 Å². The summed E-state index contributed by atoms with van der Waals surface area (Å²) in [7, 11) is 0. The molecule has 162 valence electrons. The Kier molecular flexibility index (Phi) is 10.2. The Balaban J connectivity index is 2.12. The van der Waals surface area contributed by atoms with Gasteiger partial charge in [-0.3, -0.25) is 9.59 Å². The molecule has 2 atom stereocenters. The first-order chi connectivity index (χ1) is 14.4. The van der Waals surface area contributed by atoms with Gasteiger partial charge in [-0.15, -0.1) is 11.8 Å². The number of carbonyl (C=O) groups excluding carboxylic acids is 2. The molecule has 0 saturated carbocycles. The first-order valence-electron chi connectivity index (χ1n) is 10.5. The van der Waals surface area contributed by atoms with E-state index in [9.17, 15) is 9.59 Å². The maximum Gasteiger partial charge on any atom is 0.243 e. The van der Waals surface area contributed by atoms with Crippen molar-refractivity contribution in [2.45, 2.75) is 63.6 Å². The van der Waals surface area contributed by atoms with Crippen LogP contribution in [0.3, 0.4) is 0 Å². The Labute approximate surface area is 189 Å². The summed E-state index contributed by atoms with van der Waals surface area (Å²) in [5, 5.41) is 3.68. The van der Waals surface area contributed by atoms with Gasteiger partial charge in [-0.25, -0.2) is 0 Å². The van der Waals surface area contributed by atoms with Crippen LogP contribution in [0.25, 0.3) is 0 Å².